The van der Waals surface area contributed by atoms with Gasteiger partial charge in [-0.3, -0.25) is 15.0 Å². The summed E-state index contributed by atoms with van der Waals surface area (Å²) in [4.78, 5) is 15.2. The summed E-state index contributed by atoms with van der Waals surface area (Å²) in [5.74, 6) is 0.697. The van der Waals surface area contributed by atoms with E-state index < -0.39 is 0 Å². The second-order valence-electron chi connectivity index (χ2n) is 5.30. The molecule has 2 rings (SSSR count). The maximum absolute atomic E-state index is 10.9. The fourth-order valence-corrected chi connectivity index (χ4v) is 2.63. The molecule has 0 saturated carbocycles. The minimum atomic E-state index is -0.361. The number of nitro groups is 1. The lowest BCUT2D eigenvalue weighted by Gasteiger charge is -2.36. The minimum absolute atomic E-state index is 0.110. The first-order valence-corrected chi connectivity index (χ1v) is 7.45. The molecule has 0 atom stereocenters. The van der Waals surface area contributed by atoms with E-state index in [1.807, 2.05) is 0 Å². The number of hydrogen-bond donors (Lipinski definition) is 0. The van der Waals surface area contributed by atoms with Crippen molar-refractivity contribution in [3.8, 4) is 5.75 Å². The molecule has 21 heavy (non-hydrogen) atoms. The van der Waals surface area contributed by atoms with Crippen LogP contribution in [0.5, 0.6) is 5.75 Å². The summed E-state index contributed by atoms with van der Waals surface area (Å²) in [6.07, 6.45) is 2.43. The van der Waals surface area contributed by atoms with Crippen molar-refractivity contribution >= 4 is 11.4 Å². The van der Waals surface area contributed by atoms with Crippen molar-refractivity contribution in [3.05, 3.63) is 28.3 Å². The lowest BCUT2D eigenvalue weighted by atomic mass is 10.2. The number of hydrogen-bond acceptors (Lipinski definition) is 5. The first-order chi connectivity index (χ1) is 10.2. The molecule has 0 aromatic heterocycles. The van der Waals surface area contributed by atoms with Crippen LogP contribution >= 0.6 is 0 Å². The van der Waals surface area contributed by atoms with Crippen LogP contribution in [0.1, 0.15) is 19.8 Å². The zero-order chi connectivity index (χ0) is 15.2. The molecule has 0 amide bonds. The lowest BCUT2D eigenvalue weighted by Crippen LogP contribution is -2.46. The third kappa shape index (κ3) is 3.85. The number of piperazine rings is 1. The van der Waals surface area contributed by atoms with Crippen LogP contribution in [0.3, 0.4) is 0 Å². The number of ether oxygens (including phenoxy) is 1. The van der Waals surface area contributed by atoms with E-state index in [2.05, 4.69) is 16.7 Å². The van der Waals surface area contributed by atoms with Crippen LogP contribution < -0.4 is 9.64 Å². The van der Waals surface area contributed by atoms with Gasteiger partial charge in [0.25, 0.3) is 5.69 Å². The molecular weight excluding hydrogens is 270 g/mol. The normalized spacial score (nSPS) is 16.0. The van der Waals surface area contributed by atoms with Gasteiger partial charge in [0, 0.05) is 38.3 Å². The molecule has 1 aromatic rings. The SMILES string of the molecule is CCCCN1CCN(c2cc([N+](=O)[O-])ccc2OC)CC1. The summed E-state index contributed by atoms with van der Waals surface area (Å²) in [5, 5.41) is 10.9. The Labute approximate surface area is 125 Å². The number of non-ortho nitro benzene ring substituents is 1. The van der Waals surface area contributed by atoms with Gasteiger partial charge in [-0.25, -0.2) is 0 Å². The lowest BCUT2D eigenvalue weighted by molar-refractivity contribution is -0.384. The van der Waals surface area contributed by atoms with Crippen molar-refractivity contribution in [2.45, 2.75) is 19.8 Å². The standard InChI is InChI=1S/C15H23N3O3/c1-3-4-7-16-8-10-17(11-9-16)14-12-13(18(19)20)5-6-15(14)21-2/h5-6,12H,3-4,7-11H2,1-2H3. The van der Waals surface area contributed by atoms with Gasteiger partial charge in [0.05, 0.1) is 17.7 Å². The fourth-order valence-electron chi connectivity index (χ4n) is 2.63. The molecule has 0 aliphatic carbocycles. The molecule has 1 aliphatic heterocycles. The molecule has 1 aliphatic rings. The van der Waals surface area contributed by atoms with Crippen LogP contribution in [0.4, 0.5) is 11.4 Å². The maximum Gasteiger partial charge on any atom is 0.271 e. The van der Waals surface area contributed by atoms with Crippen molar-refractivity contribution in [2.24, 2.45) is 0 Å². The van der Waals surface area contributed by atoms with E-state index in [0.29, 0.717) is 5.75 Å². The molecule has 116 valence electrons. The Morgan fingerprint density at radius 3 is 2.57 bits per heavy atom. The van der Waals surface area contributed by atoms with Gasteiger partial charge in [0.15, 0.2) is 0 Å². The van der Waals surface area contributed by atoms with Gasteiger partial charge in [-0.15, -0.1) is 0 Å². The van der Waals surface area contributed by atoms with E-state index in [1.54, 1.807) is 19.2 Å². The molecule has 1 saturated heterocycles. The molecule has 6 heteroatoms. The number of methoxy groups -OCH3 is 1. The Morgan fingerprint density at radius 2 is 2.00 bits per heavy atom. The van der Waals surface area contributed by atoms with Crippen molar-refractivity contribution < 1.29 is 9.66 Å². The number of nitro benzene ring substituents is 1. The van der Waals surface area contributed by atoms with Gasteiger partial charge in [-0.2, -0.15) is 0 Å². The highest BCUT2D eigenvalue weighted by molar-refractivity contribution is 5.63. The van der Waals surface area contributed by atoms with E-state index in [4.69, 9.17) is 4.74 Å². The molecule has 0 N–H and O–H groups in total. The Morgan fingerprint density at radius 1 is 1.29 bits per heavy atom. The molecule has 1 heterocycles. The fraction of sp³-hybridized carbons (Fsp3) is 0.600. The first-order valence-electron chi connectivity index (χ1n) is 7.45. The summed E-state index contributed by atoms with van der Waals surface area (Å²) < 4.78 is 5.35. The van der Waals surface area contributed by atoms with E-state index in [1.165, 1.54) is 18.9 Å². The van der Waals surface area contributed by atoms with Crippen molar-refractivity contribution in [1.29, 1.82) is 0 Å². The quantitative estimate of drug-likeness (QED) is 0.596. The van der Waals surface area contributed by atoms with Crippen molar-refractivity contribution in [2.75, 3.05) is 44.7 Å². The molecule has 0 bridgehead atoms. The van der Waals surface area contributed by atoms with E-state index >= 15 is 0 Å². The molecule has 6 nitrogen and oxygen atoms in total. The first kappa shape index (κ1) is 15.6. The summed E-state index contributed by atoms with van der Waals surface area (Å²) in [7, 11) is 1.60. The number of anilines is 1. The van der Waals surface area contributed by atoms with Gasteiger partial charge >= 0.3 is 0 Å². The van der Waals surface area contributed by atoms with Gasteiger partial charge in [-0.05, 0) is 19.0 Å². The van der Waals surface area contributed by atoms with E-state index in [-0.39, 0.29) is 10.6 Å². The number of unbranched alkanes of at least 4 members (excludes halogenated alkanes) is 1. The highest BCUT2D eigenvalue weighted by Gasteiger charge is 2.21. The summed E-state index contributed by atoms with van der Waals surface area (Å²) in [6, 6.07) is 4.78. The van der Waals surface area contributed by atoms with Gasteiger partial charge < -0.3 is 9.64 Å². The topological polar surface area (TPSA) is 58.9 Å². The summed E-state index contributed by atoms with van der Waals surface area (Å²) in [5.41, 5.74) is 0.932. The zero-order valence-corrected chi connectivity index (χ0v) is 12.7. The van der Waals surface area contributed by atoms with Crippen LogP contribution in [0.2, 0.25) is 0 Å². The van der Waals surface area contributed by atoms with Crippen LogP contribution in [0.15, 0.2) is 18.2 Å². The Balaban J connectivity index is 2.08. The van der Waals surface area contributed by atoms with Crippen molar-refractivity contribution in [1.82, 2.24) is 4.90 Å². The monoisotopic (exact) mass is 293 g/mol. The second kappa shape index (κ2) is 7.26. The molecular formula is C15H23N3O3. The molecule has 0 spiro atoms. The van der Waals surface area contributed by atoms with Gasteiger partial charge in [0.2, 0.25) is 0 Å². The molecule has 0 unspecified atom stereocenters. The predicted octanol–water partition coefficient (Wildman–Crippen LogP) is 2.53. The smallest absolute Gasteiger partial charge is 0.271 e. The number of nitrogens with zero attached hydrogens (tertiary/aromatic N) is 3. The van der Waals surface area contributed by atoms with Gasteiger partial charge in [-0.1, -0.05) is 13.3 Å². The molecule has 1 aromatic carbocycles. The maximum atomic E-state index is 10.9. The second-order valence-corrected chi connectivity index (χ2v) is 5.30. The van der Waals surface area contributed by atoms with Crippen LogP contribution in [0.25, 0.3) is 0 Å². The minimum Gasteiger partial charge on any atom is -0.495 e. The third-order valence-corrected chi connectivity index (χ3v) is 3.91. The van der Waals surface area contributed by atoms with Crippen LogP contribution in [0, 0.1) is 10.1 Å². The van der Waals surface area contributed by atoms with Crippen LogP contribution in [-0.2, 0) is 0 Å². The van der Waals surface area contributed by atoms with Crippen molar-refractivity contribution in [3.63, 3.8) is 0 Å². The van der Waals surface area contributed by atoms with Crippen LogP contribution in [-0.4, -0.2) is 49.7 Å². The Hall–Kier alpha value is -1.82. The highest BCUT2D eigenvalue weighted by Crippen LogP contribution is 2.32. The summed E-state index contributed by atoms with van der Waals surface area (Å²) >= 11 is 0. The largest absolute Gasteiger partial charge is 0.495 e. The number of benzene rings is 1. The molecule has 0 radical (unpaired) electrons. The average molecular weight is 293 g/mol. The third-order valence-electron chi connectivity index (χ3n) is 3.91. The van der Waals surface area contributed by atoms with Gasteiger partial charge in [0.1, 0.15) is 5.75 Å². The summed E-state index contributed by atoms with van der Waals surface area (Å²) in [6.45, 7) is 7.07. The Bertz CT molecular complexity index is 485. The Kier molecular flexibility index (Phi) is 5.38. The molecule has 1 fully saturated rings. The van der Waals surface area contributed by atoms with E-state index in [0.717, 1.165) is 38.4 Å². The zero-order valence-electron chi connectivity index (χ0n) is 12.7. The average Bonchev–Trinajstić information content (AvgIpc) is 2.52. The number of rotatable bonds is 6. The van der Waals surface area contributed by atoms with E-state index in [9.17, 15) is 10.1 Å². The predicted molar refractivity (Wildman–Crippen MR) is 83.2 cm³/mol. The highest BCUT2D eigenvalue weighted by atomic mass is 16.6.